The van der Waals surface area contributed by atoms with Gasteiger partial charge in [-0.2, -0.15) is 0 Å². The van der Waals surface area contributed by atoms with Crippen LogP contribution >= 0.6 is 0 Å². The number of carbonyl (C=O) groups excluding carboxylic acids is 1. The van der Waals surface area contributed by atoms with E-state index in [1.807, 2.05) is 0 Å². The number of nitrogens with zero attached hydrogens (tertiary/aromatic N) is 2. The second kappa shape index (κ2) is 5.92. The molecular formula is C15H18N2O5S. The molecule has 1 saturated heterocycles. The van der Waals surface area contributed by atoms with E-state index in [1.165, 1.54) is 6.07 Å². The molecule has 3 rings (SSSR count). The zero-order chi connectivity index (χ0) is 16.6. The Morgan fingerprint density at radius 1 is 1.22 bits per heavy atom. The quantitative estimate of drug-likeness (QED) is 0.595. The van der Waals surface area contributed by atoms with Crippen LogP contribution in [0, 0.1) is 10.1 Å². The third-order valence-electron chi connectivity index (χ3n) is 4.36. The maximum atomic E-state index is 12.7. The molecule has 1 heterocycles. The van der Waals surface area contributed by atoms with E-state index in [4.69, 9.17) is 0 Å². The molecule has 0 spiro atoms. The van der Waals surface area contributed by atoms with Crippen LogP contribution in [0.2, 0.25) is 0 Å². The summed E-state index contributed by atoms with van der Waals surface area (Å²) in [7, 11) is -3.08. The van der Waals surface area contributed by atoms with Crippen molar-refractivity contribution in [2.75, 3.05) is 11.5 Å². The zero-order valence-electron chi connectivity index (χ0n) is 12.6. The van der Waals surface area contributed by atoms with Crippen LogP contribution in [0.1, 0.15) is 24.8 Å². The molecule has 124 valence electrons. The van der Waals surface area contributed by atoms with Crippen molar-refractivity contribution in [1.29, 1.82) is 0 Å². The summed E-state index contributed by atoms with van der Waals surface area (Å²) in [6, 6.07) is 5.98. The molecular weight excluding hydrogens is 320 g/mol. The van der Waals surface area contributed by atoms with Gasteiger partial charge in [0.2, 0.25) is 5.91 Å². The molecule has 2 aliphatic rings. The van der Waals surface area contributed by atoms with E-state index in [0.29, 0.717) is 12.0 Å². The monoisotopic (exact) mass is 338 g/mol. The highest BCUT2D eigenvalue weighted by molar-refractivity contribution is 7.91. The molecule has 1 unspecified atom stereocenters. The molecule has 0 radical (unpaired) electrons. The fraction of sp³-hybridized carbons (Fsp3) is 0.533. The average Bonchev–Trinajstić information content (AvgIpc) is 3.23. The van der Waals surface area contributed by atoms with E-state index in [0.717, 1.165) is 12.8 Å². The minimum absolute atomic E-state index is 0.00607. The van der Waals surface area contributed by atoms with Gasteiger partial charge in [-0.05, 0) is 19.3 Å². The standard InChI is InChI=1S/C15H18N2O5S/c18-15(9-11-3-1-2-4-14(11)17(19)20)16(12-5-6-12)13-7-8-23(21,22)10-13/h1-4,12-13H,5-10H2. The van der Waals surface area contributed by atoms with Crippen LogP contribution in [0.5, 0.6) is 0 Å². The van der Waals surface area contributed by atoms with Crippen molar-refractivity contribution in [3.63, 3.8) is 0 Å². The first-order valence-electron chi connectivity index (χ1n) is 7.61. The number of nitro benzene ring substituents is 1. The van der Waals surface area contributed by atoms with Crippen LogP contribution in [-0.4, -0.2) is 47.7 Å². The molecule has 8 heteroatoms. The van der Waals surface area contributed by atoms with Crippen molar-refractivity contribution in [3.8, 4) is 0 Å². The van der Waals surface area contributed by atoms with Gasteiger partial charge in [0, 0.05) is 23.7 Å². The summed E-state index contributed by atoms with van der Waals surface area (Å²) >= 11 is 0. The topological polar surface area (TPSA) is 97.6 Å². The molecule has 1 aliphatic heterocycles. The van der Waals surface area contributed by atoms with Crippen LogP contribution in [0.15, 0.2) is 24.3 Å². The molecule has 1 aromatic rings. The van der Waals surface area contributed by atoms with Gasteiger partial charge in [-0.25, -0.2) is 8.42 Å². The number of carbonyl (C=O) groups is 1. The van der Waals surface area contributed by atoms with Crippen molar-refractivity contribution in [1.82, 2.24) is 4.90 Å². The number of sulfone groups is 1. The lowest BCUT2D eigenvalue weighted by Crippen LogP contribution is -2.43. The van der Waals surface area contributed by atoms with Crippen molar-refractivity contribution < 1.29 is 18.1 Å². The smallest absolute Gasteiger partial charge is 0.273 e. The first-order chi connectivity index (χ1) is 10.9. The Labute approximate surface area is 134 Å². The van der Waals surface area contributed by atoms with Crippen LogP contribution in [0.3, 0.4) is 0 Å². The third kappa shape index (κ3) is 3.52. The van der Waals surface area contributed by atoms with Crippen LogP contribution in [-0.2, 0) is 21.1 Å². The van der Waals surface area contributed by atoms with Gasteiger partial charge >= 0.3 is 0 Å². The second-order valence-electron chi connectivity index (χ2n) is 6.15. The van der Waals surface area contributed by atoms with Crippen molar-refractivity contribution in [2.45, 2.75) is 37.8 Å². The number of benzene rings is 1. The van der Waals surface area contributed by atoms with Gasteiger partial charge in [0.15, 0.2) is 9.84 Å². The summed E-state index contributed by atoms with van der Waals surface area (Å²) in [5, 5.41) is 11.1. The third-order valence-corrected chi connectivity index (χ3v) is 6.11. The van der Waals surface area contributed by atoms with Crippen LogP contribution in [0.4, 0.5) is 5.69 Å². The van der Waals surface area contributed by atoms with E-state index >= 15 is 0 Å². The molecule has 0 aromatic heterocycles. The largest absolute Gasteiger partial charge is 0.335 e. The van der Waals surface area contributed by atoms with E-state index in [9.17, 15) is 23.3 Å². The van der Waals surface area contributed by atoms with E-state index in [-0.39, 0.29) is 41.6 Å². The van der Waals surface area contributed by atoms with Gasteiger partial charge in [-0.1, -0.05) is 18.2 Å². The Morgan fingerprint density at radius 3 is 2.48 bits per heavy atom. The van der Waals surface area contributed by atoms with Gasteiger partial charge < -0.3 is 4.90 Å². The predicted molar refractivity (Wildman–Crippen MR) is 83.7 cm³/mol. The van der Waals surface area contributed by atoms with Crippen molar-refractivity contribution in [2.24, 2.45) is 0 Å². The van der Waals surface area contributed by atoms with Gasteiger partial charge in [0.1, 0.15) is 0 Å². The predicted octanol–water partition coefficient (Wildman–Crippen LogP) is 1.32. The molecule has 1 aliphatic carbocycles. The Hall–Kier alpha value is -1.96. The minimum Gasteiger partial charge on any atom is -0.335 e. The fourth-order valence-corrected chi connectivity index (χ4v) is 4.86. The van der Waals surface area contributed by atoms with Crippen molar-refractivity contribution >= 4 is 21.4 Å². The van der Waals surface area contributed by atoms with Gasteiger partial charge in [0.05, 0.1) is 22.8 Å². The molecule has 1 saturated carbocycles. The zero-order valence-corrected chi connectivity index (χ0v) is 13.4. The van der Waals surface area contributed by atoms with E-state index < -0.39 is 14.8 Å². The van der Waals surface area contributed by atoms with Crippen LogP contribution in [0.25, 0.3) is 0 Å². The van der Waals surface area contributed by atoms with Gasteiger partial charge in [-0.15, -0.1) is 0 Å². The molecule has 0 N–H and O–H groups in total. The lowest BCUT2D eigenvalue weighted by molar-refractivity contribution is -0.385. The number of hydrogen-bond donors (Lipinski definition) is 0. The summed E-state index contributed by atoms with van der Waals surface area (Å²) in [5.74, 6) is -0.102. The molecule has 1 atom stereocenters. The molecule has 7 nitrogen and oxygen atoms in total. The highest BCUT2D eigenvalue weighted by Crippen LogP contribution is 2.33. The summed E-state index contributed by atoms with van der Waals surface area (Å²) in [4.78, 5) is 24.9. The van der Waals surface area contributed by atoms with E-state index in [2.05, 4.69) is 0 Å². The highest BCUT2D eigenvalue weighted by Gasteiger charge is 2.42. The summed E-state index contributed by atoms with van der Waals surface area (Å²) in [6.07, 6.45) is 2.14. The maximum absolute atomic E-state index is 12.7. The van der Waals surface area contributed by atoms with E-state index in [1.54, 1.807) is 23.1 Å². The van der Waals surface area contributed by atoms with Crippen molar-refractivity contribution in [3.05, 3.63) is 39.9 Å². The minimum atomic E-state index is -3.08. The molecule has 1 amide bonds. The Bertz CT molecular complexity index is 742. The highest BCUT2D eigenvalue weighted by atomic mass is 32.2. The Balaban J connectivity index is 1.79. The average molecular weight is 338 g/mol. The number of nitro groups is 1. The maximum Gasteiger partial charge on any atom is 0.273 e. The lowest BCUT2D eigenvalue weighted by atomic mass is 10.1. The molecule has 1 aromatic carbocycles. The summed E-state index contributed by atoms with van der Waals surface area (Å²) in [5.41, 5.74) is 0.296. The number of para-hydroxylation sites is 1. The number of hydrogen-bond acceptors (Lipinski definition) is 5. The first-order valence-corrected chi connectivity index (χ1v) is 9.43. The fourth-order valence-electron chi connectivity index (χ4n) is 3.15. The van der Waals surface area contributed by atoms with Gasteiger partial charge in [-0.3, -0.25) is 14.9 Å². The first kappa shape index (κ1) is 15.9. The molecule has 23 heavy (non-hydrogen) atoms. The normalized spacial score (nSPS) is 22.7. The summed E-state index contributed by atoms with van der Waals surface area (Å²) in [6.45, 7) is 0. The number of amides is 1. The number of rotatable bonds is 5. The Kier molecular flexibility index (Phi) is 4.09. The summed E-state index contributed by atoms with van der Waals surface area (Å²) < 4.78 is 23.4. The lowest BCUT2D eigenvalue weighted by Gasteiger charge is -2.28. The van der Waals surface area contributed by atoms with Gasteiger partial charge in [0.25, 0.3) is 5.69 Å². The van der Waals surface area contributed by atoms with Crippen LogP contribution < -0.4 is 0 Å². The SMILES string of the molecule is O=C(Cc1ccccc1[N+](=O)[O-])N(C1CC1)C1CCS(=O)(=O)C1. The molecule has 2 fully saturated rings. The molecule has 0 bridgehead atoms. The second-order valence-corrected chi connectivity index (χ2v) is 8.38. The Morgan fingerprint density at radius 2 is 1.91 bits per heavy atom.